The Bertz CT molecular complexity index is 580. The lowest BCUT2D eigenvalue weighted by atomic mass is 10.1. The molecule has 0 aliphatic rings. The normalized spacial score (nSPS) is 11.4. The van der Waals surface area contributed by atoms with Gasteiger partial charge in [0.1, 0.15) is 11.3 Å². The van der Waals surface area contributed by atoms with Gasteiger partial charge in [-0.1, -0.05) is 30.3 Å². The van der Waals surface area contributed by atoms with Crippen LogP contribution in [0.25, 0.3) is 11.3 Å². The fourth-order valence-electron chi connectivity index (χ4n) is 1.79. The number of methoxy groups -OCH3 is 1. The number of hydrogen-bond acceptors (Lipinski definition) is 3. The number of aromatic nitrogens is 2. The highest BCUT2D eigenvalue weighted by molar-refractivity contribution is 5.95. The Hall–Kier alpha value is -2.10. The summed E-state index contributed by atoms with van der Waals surface area (Å²) in [7, 11) is 1.38. The first-order chi connectivity index (χ1) is 8.93. The molecule has 0 saturated heterocycles. The number of rotatable bonds is 2. The molecule has 0 saturated carbocycles. The molecule has 1 heterocycles. The molecule has 100 valence electrons. The largest absolute Gasteiger partial charge is 0.465 e. The summed E-state index contributed by atoms with van der Waals surface area (Å²) >= 11 is 0. The van der Waals surface area contributed by atoms with Crippen LogP contribution in [-0.2, 0) is 10.3 Å². The Labute approximate surface area is 113 Å². The third-order valence-corrected chi connectivity index (χ3v) is 2.85. The molecule has 19 heavy (non-hydrogen) atoms. The second-order valence-corrected chi connectivity index (χ2v) is 5.36. The van der Waals surface area contributed by atoms with E-state index >= 15 is 0 Å². The summed E-state index contributed by atoms with van der Waals surface area (Å²) in [4.78, 5) is 11.9. The predicted octanol–water partition coefficient (Wildman–Crippen LogP) is 3.09. The Morgan fingerprint density at radius 2 is 1.84 bits per heavy atom. The summed E-state index contributed by atoms with van der Waals surface area (Å²) in [6.45, 7) is 6.11. The van der Waals surface area contributed by atoms with Crippen LogP contribution >= 0.6 is 0 Å². The van der Waals surface area contributed by atoms with Gasteiger partial charge in [-0.05, 0) is 20.8 Å². The van der Waals surface area contributed by atoms with E-state index in [-0.39, 0.29) is 11.5 Å². The number of carbonyl (C=O) groups excluding carboxylic acids is 1. The van der Waals surface area contributed by atoms with E-state index in [1.807, 2.05) is 51.1 Å². The van der Waals surface area contributed by atoms with Crippen molar-refractivity contribution >= 4 is 5.97 Å². The van der Waals surface area contributed by atoms with E-state index in [1.54, 1.807) is 10.9 Å². The van der Waals surface area contributed by atoms with Crippen molar-refractivity contribution in [1.29, 1.82) is 0 Å². The summed E-state index contributed by atoms with van der Waals surface area (Å²) in [6.07, 6.45) is 1.74. The first-order valence-corrected chi connectivity index (χ1v) is 6.17. The van der Waals surface area contributed by atoms with Gasteiger partial charge in [-0.15, -0.1) is 0 Å². The molecule has 0 radical (unpaired) electrons. The fraction of sp³-hybridized carbons (Fsp3) is 0.333. The molecule has 2 aromatic rings. The number of esters is 1. The SMILES string of the molecule is COC(=O)c1cn(C(C)(C)C)nc1-c1ccccc1. The van der Waals surface area contributed by atoms with Crippen LogP contribution in [0.4, 0.5) is 0 Å². The molecule has 0 fully saturated rings. The Morgan fingerprint density at radius 1 is 1.21 bits per heavy atom. The van der Waals surface area contributed by atoms with Crippen molar-refractivity contribution in [3.05, 3.63) is 42.1 Å². The maximum Gasteiger partial charge on any atom is 0.341 e. The zero-order chi connectivity index (χ0) is 14.0. The van der Waals surface area contributed by atoms with Crippen molar-refractivity contribution in [3.63, 3.8) is 0 Å². The number of carbonyl (C=O) groups is 1. The van der Waals surface area contributed by atoms with Gasteiger partial charge >= 0.3 is 5.97 Å². The van der Waals surface area contributed by atoms with E-state index in [4.69, 9.17) is 4.74 Å². The van der Waals surface area contributed by atoms with Crippen molar-refractivity contribution < 1.29 is 9.53 Å². The molecule has 0 bridgehead atoms. The van der Waals surface area contributed by atoms with Gasteiger partial charge in [-0.2, -0.15) is 5.10 Å². The minimum absolute atomic E-state index is 0.185. The van der Waals surface area contributed by atoms with Gasteiger partial charge in [0, 0.05) is 11.8 Å². The topological polar surface area (TPSA) is 44.1 Å². The van der Waals surface area contributed by atoms with Gasteiger partial charge in [0.2, 0.25) is 0 Å². The summed E-state index contributed by atoms with van der Waals surface area (Å²) in [5.74, 6) is -0.366. The van der Waals surface area contributed by atoms with E-state index in [1.165, 1.54) is 7.11 Å². The Morgan fingerprint density at radius 3 is 2.37 bits per heavy atom. The molecular formula is C15H18N2O2. The predicted molar refractivity (Wildman–Crippen MR) is 74.0 cm³/mol. The van der Waals surface area contributed by atoms with Gasteiger partial charge in [0.15, 0.2) is 0 Å². The molecule has 0 unspecified atom stereocenters. The Kier molecular flexibility index (Phi) is 3.42. The zero-order valence-electron chi connectivity index (χ0n) is 11.7. The lowest BCUT2D eigenvalue weighted by Crippen LogP contribution is -2.22. The molecule has 0 aliphatic carbocycles. The highest BCUT2D eigenvalue weighted by atomic mass is 16.5. The molecule has 4 nitrogen and oxygen atoms in total. The standard InChI is InChI=1S/C15H18N2O2/c1-15(2,3)17-10-12(14(18)19-4)13(16-17)11-8-6-5-7-9-11/h5-10H,1-4H3. The highest BCUT2D eigenvalue weighted by Gasteiger charge is 2.23. The van der Waals surface area contributed by atoms with Gasteiger partial charge in [-0.3, -0.25) is 4.68 Å². The number of ether oxygens (including phenoxy) is 1. The quantitative estimate of drug-likeness (QED) is 0.777. The molecule has 0 spiro atoms. The van der Waals surface area contributed by atoms with E-state index < -0.39 is 0 Å². The van der Waals surface area contributed by atoms with Crippen LogP contribution in [0, 0.1) is 0 Å². The lowest BCUT2D eigenvalue weighted by molar-refractivity contribution is 0.0601. The maximum absolute atomic E-state index is 11.9. The molecule has 0 amide bonds. The molecular weight excluding hydrogens is 240 g/mol. The summed E-state index contributed by atoms with van der Waals surface area (Å²) in [5.41, 5.74) is 1.87. The van der Waals surface area contributed by atoms with Crippen LogP contribution in [0.15, 0.2) is 36.5 Å². The second kappa shape index (κ2) is 4.88. The smallest absolute Gasteiger partial charge is 0.341 e. The van der Waals surface area contributed by atoms with Crippen LogP contribution in [0.3, 0.4) is 0 Å². The van der Waals surface area contributed by atoms with Crippen molar-refractivity contribution in [2.24, 2.45) is 0 Å². The monoisotopic (exact) mass is 258 g/mol. The molecule has 0 N–H and O–H groups in total. The number of benzene rings is 1. The van der Waals surface area contributed by atoms with Crippen LogP contribution in [0.5, 0.6) is 0 Å². The minimum Gasteiger partial charge on any atom is -0.465 e. The molecule has 1 aromatic heterocycles. The van der Waals surface area contributed by atoms with Gasteiger partial charge in [-0.25, -0.2) is 4.79 Å². The van der Waals surface area contributed by atoms with Gasteiger partial charge in [0.25, 0.3) is 0 Å². The molecule has 4 heteroatoms. The van der Waals surface area contributed by atoms with Crippen molar-refractivity contribution in [1.82, 2.24) is 9.78 Å². The number of hydrogen-bond donors (Lipinski definition) is 0. The number of nitrogens with zero attached hydrogens (tertiary/aromatic N) is 2. The van der Waals surface area contributed by atoms with Crippen molar-refractivity contribution in [2.45, 2.75) is 26.3 Å². The van der Waals surface area contributed by atoms with Crippen molar-refractivity contribution in [3.8, 4) is 11.3 Å². The third kappa shape index (κ3) is 2.67. The van der Waals surface area contributed by atoms with E-state index in [0.717, 1.165) is 5.56 Å². The molecule has 2 rings (SSSR count). The second-order valence-electron chi connectivity index (χ2n) is 5.36. The summed E-state index contributed by atoms with van der Waals surface area (Å²) in [6, 6.07) is 9.64. The van der Waals surface area contributed by atoms with Gasteiger partial charge in [0.05, 0.1) is 12.6 Å². The summed E-state index contributed by atoms with van der Waals surface area (Å²) < 4.78 is 6.63. The highest BCUT2D eigenvalue weighted by Crippen LogP contribution is 2.25. The van der Waals surface area contributed by atoms with E-state index in [2.05, 4.69) is 5.10 Å². The summed E-state index contributed by atoms with van der Waals surface area (Å²) in [5, 5.41) is 4.54. The molecule has 0 atom stereocenters. The lowest BCUT2D eigenvalue weighted by Gasteiger charge is -2.18. The molecule has 1 aromatic carbocycles. The van der Waals surface area contributed by atoms with Crippen LogP contribution < -0.4 is 0 Å². The first-order valence-electron chi connectivity index (χ1n) is 6.17. The van der Waals surface area contributed by atoms with E-state index in [9.17, 15) is 4.79 Å². The average molecular weight is 258 g/mol. The van der Waals surface area contributed by atoms with Crippen molar-refractivity contribution in [2.75, 3.05) is 7.11 Å². The Balaban J connectivity index is 2.59. The fourth-order valence-corrected chi connectivity index (χ4v) is 1.79. The maximum atomic E-state index is 11.9. The third-order valence-electron chi connectivity index (χ3n) is 2.85. The molecule has 0 aliphatic heterocycles. The van der Waals surface area contributed by atoms with Crippen LogP contribution in [-0.4, -0.2) is 22.9 Å². The van der Waals surface area contributed by atoms with Crippen LogP contribution in [0.2, 0.25) is 0 Å². The first kappa shape index (κ1) is 13.3. The van der Waals surface area contributed by atoms with Crippen LogP contribution in [0.1, 0.15) is 31.1 Å². The van der Waals surface area contributed by atoms with E-state index in [0.29, 0.717) is 11.3 Å². The zero-order valence-corrected chi connectivity index (χ0v) is 11.7. The average Bonchev–Trinajstić information content (AvgIpc) is 2.83. The minimum atomic E-state index is -0.366. The van der Waals surface area contributed by atoms with Gasteiger partial charge < -0.3 is 4.74 Å².